The average Bonchev–Trinajstić information content (AvgIpc) is 2.67. The summed E-state index contributed by atoms with van der Waals surface area (Å²) in [6.07, 6.45) is -4.59. The number of rotatable bonds is 4. The van der Waals surface area contributed by atoms with Crippen LogP contribution in [0.15, 0.2) is 59.8 Å². The quantitative estimate of drug-likeness (QED) is 0.515. The molecule has 2 aromatic carbocycles. The number of urea groups is 1. The number of amides is 3. The number of nitrogens with one attached hydrogen (secondary N) is 3. The van der Waals surface area contributed by atoms with Crippen LogP contribution in [0.25, 0.3) is 0 Å². The van der Waals surface area contributed by atoms with Gasteiger partial charge in [-0.25, -0.2) is 4.79 Å². The second-order valence-electron chi connectivity index (χ2n) is 6.45. The largest absolute Gasteiger partial charge is 0.416 e. The maximum Gasteiger partial charge on any atom is 0.416 e. The van der Waals surface area contributed by atoms with Gasteiger partial charge < -0.3 is 16.0 Å². The zero-order chi connectivity index (χ0) is 22.1. The molecule has 11 heteroatoms. The lowest BCUT2D eigenvalue weighted by molar-refractivity contribution is -0.384. The van der Waals surface area contributed by atoms with Gasteiger partial charge in [0.05, 0.1) is 22.1 Å². The normalized spacial score (nSPS) is 16.5. The smallest absolute Gasteiger partial charge is 0.327 e. The lowest BCUT2D eigenvalue weighted by atomic mass is 9.93. The van der Waals surface area contributed by atoms with E-state index in [0.717, 1.165) is 12.1 Å². The molecule has 1 aliphatic heterocycles. The Balaban J connectivity index is 1.94. The third kappa shape index (κ3) is 4.40. The Bertz CT molecular complexity index is 1050. The summed E-state index contributed by atoms with van der Waals surface area (Å²) in [7, 11) is 0. The molecule has 0 radical (unpaired) electrons. The lowest BCUT2D eigenvalue weighted by Crippen LogP contribution is -2.46. The number of alkyl halides is 3. The molecule has 1 unspecified atom stereocenters. The van der Waals surface area contributed by atoms with E-state index in [1.807, 2.05) is 0 Å². The Hall–Kier alpha value is -3.89. The van der Waals surface area contributed by atoms with Crippen LogP contribution in [0.3, 0.4) is 0 Å². The van der Waals surface area contributed by atoms with E-state index in [-0.39, 0.29) is 28.2 Å². The zero-order valence-corrected chi connectivity index (χ0v) is 15.4. The van der Waals surface area contributed by atoms with Crippen molar-refractivity contribution in [3.63, 3.8) is 0 Å². The van der Waals surface area contributed by atoms with Crippen molar-refractivity contribution >= 4 is 23.3 Å². The minimum atomic E-state index is -4.59. The summed E-state index contributed by atoms with van der Waals surface area (Å²) in [4.78, 5) is 34.9. The summed E-state index contributed by atoms with van der Waals surface area (Å²) in [5.41, 5.74) is -0.594. The van der Waals surface area contributed by atoms with Gasteiger partial charge in [0.15, 0.2) is 0 Å². The number of halogens is 3. The fraction of sp³-hybridized carbons (Fsp3) is 0.158. The number of carbonyl (C=O) groups excluding carboxylic acids is 2. The summed E-state index contributed by atoms with van der Waals surface area (Å²) in [5.74, 6) is -0.684. The van der Waals surface area contributed by atoms with Gasteiger partial charge in [0.2, 0.25) is 0 Å². The Morgan fingerprint density at radius 3 is 2.43 bits per heavy atom. The summed E-state index contributed by atoms with van der Waals surface area (Å²) in [6, 6.07) is 7.55. The number of hydrogen-bond donors (Lipinski definition) is 3. The van der Waals surface area contributed by atoms with E-state index < -0.39 is 34.6 Å². The van der Waals surface area contributed by atoms with Crippen molar-refractivity contribution in [2.24, 2.45) is 0 Å². The Morgan fingerprint density at radius 1 is 1.17 bits per heavy atom. The van der Waals surface area contributed by atoms with Crippen LogP contribution in [-0.4, -0.2) is 16.9 Å². The average molecular weight is 420 g/mol. The van der Waals surface area contributed by atoms with Crippen LogP contribution in [0, 0.1) is 10.1 Å². The van der Waals surface area contributed by atoms with E-state index in [0.29, 0.717) is 0 Å². The van der Waals surface area contributed by atoms with Gasteiger partial charge in [0.1, 0.15) is 0 Å². The molecule has 30 heavy (non-hydrogen) atoms. The van der Waals surface area contributed by atoms with Crippen molar-refractivity contribution < 1.29 is 27.7 Å². The highest BCUT2D eigenvalue weighted by Gasteiger charge is 2.34. The third-order valence-electron chi connectivity index (χ3n) is 4.40. The zero-order valence-electron chi connectivity index (χ0n) is 15.4. The molecule has 0 aromatic heterocycles. The second-order valence-corrected chi connectivity index (χ2v) is 6.45. The number of hydrogen-bond acceptors (Lipinski definition) is 4. The molecule has 3 N–H and O–H groups in total. The van der Waals surface area contributed by atoms with Crippen LogP contribution in [0.2, 0.25) is 0 Å². The number of allylic oxidation sites excluding steroid dienone is 1. The van der Waals surface area contributed by atoms with Crippen LogP contribution in [0.4, 0.5) is 29.3 Å². The number of nitro benzene ring substituents is 1. The van der Waals surface area contributed by atoms with Crippen LogP contribution in [0.5, 0.6) is 0 Å². The summed E-state index contributed by atoms with van der Waals surface area (Å²) >= 11 is 0. The van der Waals surface area contributed by atoms with Crippen LogP contribution >= 0.6 is 0 Å². The number of anilines is 1. The molecule has 0 bridgehead atoms. The van der Waals surface area contributed by atoms with Gasteiger partial charge in [-0.3, -0.25) is 14.9 Å². The van der Waals surface area contributed by atoms with E-state index in [1.54, 1.807) is 0 Å². The van der Waals surface area contributed by atoms with Gasteiger partial charge in [-0.2, -0.15) is 13.2 Å². The highest BCUT2D eigenvalue weighted by Crippen LogP contribution is 2.34. The minimum Gasteiger partial charge on any atom is -0.327 e. The van der Waals surface area contributed by atoms with Gasteiger partial charge in [0.25, 0.3) is 11.6 Å². The summed E-state index contributed by atoms with van der Waals surface area (Å²) < 4.78 is 39.2. The first-order valence-electron chi connectivity index (χ1n) is 8.57. The van der Waals surface area contributed by atoms with E-state index in [1.165, 1.54) is 43.3 Å². The highest BCUT2D eigenvalue weighted by atomic mass is 19.4. The van der Waals surface area contributed by atoms with Gasteiger partial charge in [-0.05, 0) is 36.8 Å². The Morgan fingerprint density at radius 2 is 1.83 bits per heavy atom. The molecule has 0 aliphatic carbocycles. The maximum absolute atomic E-state index is 13.1. The van der Waals surface area contributed by atoms with Gasteiger partial charge >= 0.3 is 12.2 Å². The van der Waals surface area contributed by atoms with Gasteiger partial charge in [-0.15, -0.1) is 0 Å². The van der Waals surface area contributed by atoms with Crippen molar-refractivity contribution in [1.82, 2.24) is 10.6 Å². The molecule has 0 saturated heterocycles. The molecule has 3 rings (SSSR count). The molecule has 1 aliphatic rings. The first kappa shape index (κ1) is 20.8. The molecule has 156 valence electrons. The minimum absolute atomic E-state index is 0.00674. The molecule has 0 spiro atoms. The van der Waals surface area contributed by atoms with E-state index >= 15 is 0 Å². The molecular formula is C19H15F3N4O4. The van der Waals surface area contributed by atoms with Crippen molar-refractivity contribution in [3.8, 4) is 0 Å². The number of nitro groups is 1. The van der Waals surface area contributed by atoms with E-state index in [2.05, 4.69) is 16.0 Å². The molecule has 0 fully saturated rings. The standard InChI is InChI=1S/C19H15F3N4O4/c1-10-15(17(27)24-13-5-7-14(8-6-13)26(29)30)16(25-18(28)23-10)11-3-2-4-12(9-11)19(20,21)22/h2-9,16H,1H3,(H,24,27)(H2,23,25,28). The molecule has 1 heterocycles. The lowest BCUT2D eigenvalue weighted by Gasteiger charge is -2.29. The van der Waals surface area contributed by atoms with Gasteiger partial charge in [0, 0.05) is 23.5 Å². The SMILES string of the molecule is CC1=C(C(=O)Nc2ccc([N+](=O)[O-])cc2)C(c2cccc(C(F)(F)F)c2)NC(=O)N1. The van der Waals surface area contributed by atoms with Crippen LogP contribution < -0.4 is 16.0 Å². The number of carbonyl (C=O) groups is 2. The van der Waals surface area contributed by atoms with Crippen molar-refractivity contribution in [1.29, 1.82) is 0 Å². The third-order valence-corrected chi connectivity index (χ3v) is 4.40. The molecule has 8 nitrogen and oxygen atoms in total. The van der Waals surface area contributed by atoms with E-state index in [9.17, 15) is 32.9 Å². The van der Waals surface area contributed by atoms with Crippen molar-refractivity contribution in [2.45, 2.75) is 19.1 Å². The topological polar surface area (TPSA) is 113 Å². The van der Waals surface area contributed by atoms with Gasteiger partial charge in [-0.1, -0.05) is 12.1 Å². The van der Waals surface area contributed by atoms with Crippen molar-refractivity contribution in [2.75, 3.05) is 5.32 Å². The monoisotopic (exact) mass is 420 g/mol. The predicted octanol–water partition coefficient (Wildman–Crippen LogP) is 3.88. The second kappa shape index (κ2) is 7.85. The van der Waals surface area contributed by atoms with Crippen molar-refractivity contribution in [3.05, 3.63) is 81.0 Å². The maximum atomic E-state index is 13.1. The Kier molecular flexibility index (Phi) is 5.45. The molecule has 0 saturated carbocycles. The number of benzene rings is 2. The molecular weight excluding hydrogens is 405 g/mol. The first-order chi connectivity index (χ1) is 14.1. The first-order valence-corrected chi connectivity index (χ1v) is 8.57. The summed E-state index contributed by atoms with van der Waals surface area (Å²) in [5, 5.41) is 18.1. The number of non-ortho nitro benzene ring substituents is 1. The molecule has 1 atom stereocenters. The van der Waals surface area contributed by atoms with E-state index in [4.69, 9.17) is 0 Å². The fourth-order valence-corrected chi connectivity index (χ4v) is 3.00. The van der Waals surface area contributed by atoms with Crippen LogP contribution in [-0.2, 0) is 11.0 Å². The molecule has 2 aromatic rings. The summed E-state index contributed by atoms with van der Waals surface area (Å²) in [6.45, 7) is 1.45. The molecule has 3 amide bonds. The number of nitrogens with zero attached hydrogens (tertiary/aromatic N) is 1. The fourth-order valence-electron chi connectivity index (χ4n) is 3.00. The Labute approximate surface area is 167 Å². The predicted molar refractivity (Wildman–Crippen MR) is 100 cm³/mol. The highest BCUT2D eigenvalue weighted by molar-refractivity contribution is 6.06. The van der Waals surface area contributed by atoms with Crippen LogP contribution in [0.1, 0.15) is 24.1 Å².